The van der Waals surface area contributed by atoms with E-state index in [0.717, 1.165) is 5.56 Å². The van der Waals surface area contributed by atoms with Gasteiger partial charge in [-0.3, -0.25) is 9.59 Å². The standard InChI is InChI=1S/C21H19F2N5O2/c1-13-18(25-26-28(13)12-14-6-8-15(22)9-7-14)21(30)27-11-10-24-20(29)19(27)16-4-2-3-5-17(16)23/h2-9,19H,10-12H2,1H3,(H,24,29). The maximum Gasteiger partial charge on any atom is 0.277 e. The van der Waals surface area contributed by atoms with Crippen LogP contribution in [0.4, 0.5) is 8.78 Å². The molecule has 1 aromatic heterocycles. The van der Waals surface area contributed by atoms with Crippen LogP contribution >= 0.6 is 0 Å². The molecule has 7 nitrogen and oxygen atoms in total. The molecule has 1 atom stereocenters. The Bertz CT molecular complexity index is 1100. The van der Waals surface area contributed by atoms with Crippen molar-refractivity contribution in [3.63, 3.8) is 0 Å². The Morgan fingerprint density at radius 1 is 1.17 bits per heavy atom. The molecule has 0 bridgehead atoms. The first-order valence-corrected chi connectivity index (χ1v) is 9.43. The van der Waals surface area contributed by atoms with Crippen LogP contribution in [0, 0.1) is 18.6 Å². The lowest BCUT2D eigenvalue weighted by molar-refractivity contribution is -0.128. The Hall–Kier alpha value is -3.62. The van der Waals surface area contributed by atoms with Crippen LogP contribution in [0.25, 0.3) is 0 Å². The zero-order valence-corrected chi connectivity index (χ0v) is 16.2. The Morgan fingerprint density at radius 2 is 1.90 bits per heavy atom. The fraction of sp³-hybridized carbons (Fsp3) is 0.238. The molecule has 2 amide bonds. The maximum absolute atomic E-state index is 14.4. The number of hydrogen-bond acceptors (Lipinski definition) is 4. The predicted molar refractivity (Wildman–Crippen MR) is 103 cm³/mol. The molecule has 9 heteroatoms. The SMILES string of the molecule is Cc1c(C(=O)N2CCNC(=O)C2c2ccccc2F)nnn1Cc1ccc(F)cc1. The number of benzene rings is 2. The zero-order valence-electron chi connectivity index (χ0n) is 16.2. The summed E-state index contributed by atoms with van der Waals surface area (Å²) in [5, 5.41) is 10.7. The summed E-state index contributed by atoms with van der Waals surface area (Å²) in [6.45, 7) is 2.48. The van der Waals surface area contributed by atoms with Crippen LogP contribution in [0.5, 0.6) is 0 Å². The van der Waals surface area contributed by atoms with Crippen molar-refractivity contribution in [3.05, 3.63) is 82.7 Å². The van der Waals surface area contributed by atoms with Gasteiger partial charge >= 0.3 is 0 Å². The summed E-state index contributed by atoms with van der Waals surface area (Å²) < 4.78 is 29.0. The van der Waals surface area contributed by atoms with E-state index in [2.05, 4.69) is 15.6 Å². The highest BCUT2D eigenvalue weighted by Gasteiger charge is 2.37. The average Bonchev–Trinajstić information content (AvgIpc) is 3.10. The lowest BCUT2D eigenvalue weighted by Crippen LogP contribution is -2.52. The van der Waals surface area contributed by atoms with Crippen molar-refractivity contribution in [1.29, 1.82) is 0 Å². The van der Waals surface area contributed by atoms with Gasteiger partial charge in [0.15, 0.2) is 5.69 Å². The molecule has 0 aliphatic carbocycles. The van der Waals surface area contributed by atoms with Gasteiger partial charge in [-0.1, -0.05) is 35.5 Å². The lowest BCUT2D eigenvalue weighted by Gasteiger charge is -2.35. The van der Waals surface area contributed by atoms with E-state index in [9.17, 15) is 18.4 Å². The molecule has 4 rings (SSSR count). The highest BCUT2D eigenvalue weighted by molar-refractivity contribution is 5.97. The molecule has 1 saturated heterocycles. The number of carbonyl (C=O) groups excluding carboxylic acids is 2. The second-order valence-electron chi connectivity index (χ2n) is 7.02. The summed E-state index contributed by atoms with van der Waals surface area (Å²) in [6, 6.07) is 10.7. The number of halogens is 2. The van der Waals surface area contributed by atoms with Crippen molar-refractivity contribution >= 4 is 11.8 Å². The van der Waals surface area contributed by atoms with E-state index in [4.69, 9.17) is 0 Å². The van der Waals surface area contributed by atoms with E-state index in [0.29, 0.717) is 12.2 Å². The van der Waals surface area contributed by atoms with Crippen LogP contribution in [0.2, 0.25) is 0 Å². The van der Waals surface area contributed by atoms with Crippen molar-refractivity contribution < 1.29 is 18.4 Å². The molecule has 3 aromatic rings. The lowest BCUT2D eigenvalue weighted by atomic mass is 10.0. The van der Waals surface area contributed by atoms with E-state index < -0.39 is 23.7 Å². The van der Waals surface area contributed by atoms with Gasteiger partial charge in [0.05, 0.1) is 12.2 Å². The third kappa shape index (κ3) is 3.66. The van der Waals surface area contributed by atoms with Crippen molar-refractivity contribution in [1.82, 2.24) is 25.2 Å². The second kappa shape index (κ2) is 8.02. The highest BCUT2D eigenvalue weighted by atomic mass is 19.1. The van der Waals surface area contributed by atoms with Gasteiger partial charge in [-0.15, -0.1) is 5.10 Å². The monoisotopic (exact) mass is 411 g/mol. The Kier molecular flexibility index (Phi) is 5.26. The number of aromatic nitrogens is 3. The van der Waals surface area contributed by atoms with Crippen LogP contribution in [0.1, 0.15) is 33.4 Å². The number of nitrogens with zero attached hydrogens (tertiary/aromatic N) is 4. The van der Waals surface area contributed by atoms with Crippen molar-refractivity contribution in [2.75, 3.05) is 13.1 Å². The molecule has 0 saturated carbocycles. The minimum atomic E-state index is -1.09. The predicted octanol–water partition coefficient (Wildman–Crippen LogP) is 2.23. The third-order valence-corrected chi connectivity index (χ3v) is 5.10. The van der Waals surface area contributed by atoms with E-state index in [1.807, 2.05) is 0 Å². The molecule has 1 aliphatic rings. The number of nitrogens with one attached hydrogen (secondary N) is 1. The van der Waals surface area contributed by atoms with Gasteiger partial charge < -0.3 is 10.2 Å². The first-order valence-electron chi connectivity index (χ1n) is 9.43. The van der Waals surface area contributed by atoms with Crippen LogP contribution < -0.4 is 5.32 Å². The topological polar surface area (TPSA) is 80.1 Å². The summed E-state index contributed by atoms with van der Waals surface area (Å²) in [6.07, 6.45) is 0. The number of rotatable bonds is 4. The van der Waals surface area contributed by atoms with Crippen molar-refractivity contribution in [3.8, 4) is 0 Å². The van der Waals surface area contributed by atoms with Gasteiger partial charge in [-0.25, -0.2) is 13.5 Å². The molecule has 0 radical (unpaired) electrons. The summed E-state index contributed by atoms with van der Waals surface area (Å²) in [4.78, 5) is 27.1. The molecular formula is C21H19F2N5O2. The quantitative estimate of drug-likeness (QED) is 0.714. The molecule has 1 aliphatic heterocycles. The smallest absolute Gasteiger partial charge is 0.277 e. The maximum atomic E-state index is 14.4. The van der Waals surface area contributed by atoms with Crippen LogP contribution in [0.3, 0.4) is 0 Å². The summed E-state index contributed by atoms with van der Waals surface area (Å²) in [5.74, 6) is -1.85. The highest BCUT2D eigenvalue weighted by Crippen LogP contribution is 2.27. The fourth-order valence-corrected chi connectivity index (χ4v) is 3.50. The van der Waals surface area contributed by atoms with E-state index >= 15 is 0 Å². The summed E-state index contributed by atoms with van der Waals surface area (Å²) in [7, 11) is 0. The Morgan fingerprint density at radius 3 is 2.63 bits per heavy atom. The largest absolute Gasteiger partial charge is 0.352 e. The van der Waals surface area contributed by atoms with Crippen molar-refractivity contribution in [2.45, 2.75) is 19.5 Å². The molecule has 30 heavy (non-hydrogen) atoms. The van der Waals surface area contributed by atoms with Crippen LogP contribution in [-0.4, -0.2) is 44.8 Å². The molecule has 154 valence electrons. The number of hydrogen-bond donors (Lipinski definition) is 1. The number of piperazine rings is 1. The van der Waals surface area contributed by atoms with Crippen LogP contribution in [0.15, 0.2) is 48.5 Å². The number of amides is 2. The second-order valence-corrected chi connectivity index (χ2v) is 7.02. The first kappa shape index (κ1) is 19.7. The third-order valence-electron chi connectivity index (χ3n) is 5.10. The van der Waals surface area contributed by atoms with Crippen LogP contribution in [-0.2, 0) is 11.3 Å². The summed E-state index contributed by atoms with van der Waals surface area (Å²) >= 11 is 0. The number of carbonyl (C=O) groups is 2. The van der Waals surface area contributed by atoms with Crippen molar-refractivity contribution in [2.24, 2.45) is 0 Å². The zero-order chi connectivity index (χ0) is 21.3. The van der Waals surface area contributed by atoms with E-state index in [-0.39, 0.29) is 30.2 Å². The van der Waals surface area contributed by atoms with Gasteiger partial charge in [-0.05, 0) is 30.7 Å². The summed E-state index contributed by atoms with van der Waals surface area (Å²) in [5.41, 5.74) is 1.51. The minimum absolute atomic E-state index is 0.0909. The molecule has 1 fully saturated rings. The van der Waals surface area contributed by atoms with Gasteiger partial charge in [0.25, 0.3) is 5.91 Å². The van der Waals surface area contributed by atoms with Gasteiger partial charge in [0.2, 0.25) is 5.91 Å². The van der Waals surface area contributed by atoms with E-state index in [1.165, 1.54) is 39.9 Å². The Balaban J connectivity index is 1.63. The van der Waals surface area contributed by atoms with Gasteiger partial charge in [-0.2, -0.15) is 0 Å². The molecule has 1 unspecified atom stereocenters. The molecule has 2 heterocycles. The fourth-order valence-electron chi connectivity index (χ4n) is 3.50. The Labute approximate surface area is 171 Å². The molecular weight excluding hydrogens is 392 g/mol. The van der Waals surface area contributed by atoms with Gasteiger partial charge in [0, 0.05) is 18.7 Å². The first-order chi connectivity index (χ1) is 14.5. The molecule has 0 spiro atoms. The minimum Gasteiger partial charge on any atom is -0.352 e. The van der Waals surface area contributed by atoms with E-state index in [1.54, 1.807) is 25.1 Å². The average molecular weight is 411 g/mol. The molecule has 2 aromatic carbocycles. The normalized spacial score (nSPS) is 16.4. The van der Waals surface area contributed by atoms with Gasteiger partial charge in [0.1, 0.15) is 17.7 Å². The molecule has 1 N–H and O–H groups in total.